The molecule has 3 aromatic carbocycles. The zero-order valence-corrected chi connectivity index (χ0v) is 23.7. The van der Waals surface area contributed by atoms with Gasteiger partial charge in [-0.25, -0.2) is 0 Å². The van der Waals surface area contributed by atoms with Crippen LogP contribution in [0.1, 0.15) is 4.88 Å². The first-order valence-electron chi connectivity index (χ1n) is 12.6. The van der Waals surface area contributed by atoms with Crippen molar-refractivity contribution >= 4 is 69.9 Å². The maximum absolute atomic E-state index is 9.07. The van der Waals surface area contributed by atoms with Crippen molar-refractivity contribution in [3.8, 4) is 22.6 Å². The molecule has 0 aliphatic heterocycles. The quantitative estimate of drug-likeness (QED) is 0.172. The molecule has 0 saturated heterocycles. The summed E-state index contributed by atoms with van der Waals surface area (Å²) in [5.74, 6) is 1.42. The van der Waals surface area contributed by atoms with Crippen molar-refractivity contribution in [3.63, 3.8) is 0 Å². The Hall–Kier alpha value is -3.40. The van der Waals surface area contributed by atoms with Gasteiger partial charge >= 0.3 is 0 Å². The first-order valence-corrected chi connectivity index (χ1v) is 15.1. The van der Waals surface area contributed by atoms with Crippen molar-refractivity contribution in [1.82, 2.24) is 0 Å². The lowest BCUT2D eigenvalue weighted by Crippen LogP contribution is -2.10. The van der Waals surface area contributed by atoms with Gasteiger partial charge in [0.05, 0.1) is 27.3 Å². The van der Waals surface area contributed by atoms with Gasteiger partial charge in [-0.3, -0.25) is 0 Å². The molecule has 198 valence electrons. The number of aliphatic hydroxyl groups is 2. The summed E-state index contributed by atoms with van der Waals surface area (Å²) in [7, 11) is 0. The molecule has 0 aliphatic carbocycles. The van der Waals surface area contributed by atoms with E-state index in [-0.39, 0.29) is 26.4 Å². The third kappa shape index (κ3) is 5.26. The Balaban J connectivity index is 1.35. The first-order chi connectivity index (χ1) is 19.1. The molecule has 3 heterocycles. The smallest absolute Gasteiger partial charge is 0.119 e. The van der Waals surface area contributed by atoms with Gasteiger partial charge in [0, 0.05) is 37.6 Å². The average Bonchev–Trinajstić information content (AvgIpc) is 3.63. The molecule has 0 radical (unpaired) electrons. The van der Waals surface area contributed by atoms with Crippen LogP contribution in [0.25, 0.3) is 29.9 Å². The fraction of sp³-hybridized carbons (Fsp3) is 0.161. The van der Waals surface area contributed by atoms with Gasteiger partial charge in [-0.1, -0.05) is 12.1 Å². The van der Waals surface area contributed by atoms with Crippen LogP contribution in [-0.2, 0) is 0 Å². The summed E-state index contributed by atoms with van der Waals surface area (Å²) in [5, 5.41) is 20.4. The molecule has 0 spiro atoms. The average molecular weight is 574 g/mol. The van der Waals surface area contributed by atoms with E-state index in [0.29, 0.717) is 11.5 Å². The monoisotopic (exact) mass is 573 g/mol. The van der Waals surface area contributed by atoms with E-state index in [1.165, 1.54) is 34.8 Å². The molecule has 0 fully saturated rings. The second-order valence-electron chi connectivity index (χ2n) is 8.97. The molecule has 0 aliphatic rings. The summed E-state index contributed by atoms with van der Waals surface area (Å²) in [6.07, 6.45) is 0. The topological polar surface area (TPSA) is 62.2 Å². The molecule has 39 heavy (non-hydrogen) atoms. The lowest BCUT2D eigenvalue weighted by atomic mass is 10.1. The second kappa shape index (κ2) is 11.4. The highest BCUT2D eigenvalue weighted by atomic mass is 32.1. The van der Waals surface area contributed by atoms with Crippen molar-refractivity contribution in [2.75, 3.05) is 31.3 Å². The molecule has 6 aromatic rings. The van der Waals surface area contributed by atoms with Crippen LogP contribution in [0.3, 0.4) is 0 Å². The Morgan fingerprint density at radius 3 is 1.74 bits per heavy atom. The van der Waals surface area contributed by atoms with Gasteiger partial charge in [0.1, 0.15) is 24.7 Å². The fourth-order valence-electron chi connectivity index (χ4n) is 4.59. The van der Waals surface area contributed by atoms with Crippen molar-refractivity contribution in [3.05, 3.63) is 89.1 Å². The minimum absolute atomic E-state index is 0.0232. The Bertz CT molecular complexity index is 1630. The number of hydrogen-bond acceptors (Lipinski definition) is 8. The van der Waals surface area contributed by atoms with Crippen molar-refractivity contribution in [2.24, 2.45) is 0 Å². The van der Waals surface area contributed by atoms with E-state index in [0.717, 1.165) is 17.1 Å². The van der Waals surface area contributed by atoms with Crippen LogP contribution in [0, 0.1) is 6.92 Å². The molecule has 0 bridgehead atoms. The number of aliphatic hydroxyl groups excluding tert-OH is 2. The number of fused-ring (bicyclic) bond motifs is 3. The Morgan fingerprint density at radius 1 is 0.667 bits per heavy atom. The van der Waals surface area contributed by atoms with E-state index in [9.17, 15) is 0 Å². The molecule has 0 unspecified atom stereocenters. The standard InChI is InChI=1S/C31H27NO4S3/c1-20-18-28-30(38-20)31-29(39-28)27(19-37-31)21-2-4-22(5-3-21)32(23-6-10-25(11-7-23)35-16-14-33)24-8-12-26(13-9-24)36-17-15-34/h2-13,18-19,33-34H,14-17H2,1H3. The van der Waals surface area contributed by atoms with Crippen molar-refractivity contribution in [2.45, 2.75) is 6.92 Å². The number of ether oxygens (including phenoxy) is 2. The summed E-state index contributed by atoms with van der Waals surface area (Å²) in [5.41, 5.74) is 5.48. The number of benzene rings is 3. The number of rotatable bonds is 10. The molecule has 0 amide bonds. The van der Waals surface area contributed by atoms with E-state index in [1.807, 2.05) is 82.5 Å². The second-order valence-corrected chi connectivity index (χ2v) is 12.2. The molecule has 0 atom stereocenters. The zero-order valence-electron chi connectivity index (χ0n) is 21.3. The predicted molar refractivity (Wildman–Crippen MR) is 165 cm³/mol. The highest BCUT2D eigenvalue weighted by Gasteiger charge is 2.17. The molecule has 5 nitrogen and oxygen atoms in total. The van der Waals surface area contributed by atoms with Crippen LogP contribution >= 0.6 is 34.0 Å². The maximum atomic E-state index is 9.07. The molecular formula is C31H27NO4S3. The Morgan fingerprint density at radius 2 is 1.21 bits per heavy atom. The number of thiophene rings is 3. The largest absolute Gasteiger partial charge is 0.491 e. The van der Waals surface area contributed by atoms with Crippen LogP contribution in [0.5, 0.6) is 11.5 Å². The van der Waals surface area contributed by atoms with Gasteiger partial charge in [-0.15, -0.1) is 34.0 Å². The molecule has 3 aromatic heterocycles. The number of aryl methyl sites for hydroxylation is 1. The van der Waals surface area contributed by atoms with Crippen LogP contribution in [-0.4, -0.2) is 36.6 Å². The summed E-state index contributed by atoms with van der Waals surface area (Å²) in [4.78, 5) is 3.54. The van der Waals surface area contributed by atoms with Crippen molar-refractivity contribution in [1.29, 1.82) is 0 Å². The fourth-order valence-corrected chi connectivity index (χ4v) is 8.56. The van der Waals surface area contributed by atoms with Crippen LogP contribution < -0.4 is 14.4 Å². The summed E-state index contributed by atoms with van der Waals surface area (Å²) >= 11 is 5.60. The molecule has 0 saturated carbocycles. The lowest BCUT2D eigenvalue weighted by Gasteiger charge is -2.26. The van der Waals surface area contributed by atoms with Gasteiger partial charge in [-0.2, -0.15) is 0 Å². The van der Waals surface area contributed by atoms with E-state index in [1.54, 1.807) is 0 Å². The van der Waals surface area contributed by atoms with Crippen LogP contribution in [0.2, 0.25) is 0 Å². The zero-order chi connectivity index (χ0) is 26.8. The molecule has 6 rings (SSSR count). The normalized spacial score (nSPS) is 11.4. The number of hydrogen-bond donors (Lipinski definition) is 2. The molecule has 8 heteroatoms. The van der Waals surface area contributed by atoms with Gasteiger partial charge in [-0.05, 0) is 79.2 Å². The third-order valence-electron chi connectivity index (χ3n) is 6.33. The molecular weight excluding hydrogens is 547 g/mol. The predicted octanol–water partition coefficient (Wildman–Crippen LogP) is 8.36. The van der Waals surface area contributed by atoms with Gasteiger partial charge in [0.2, 0.25) is 0 Å². The van der Waals surface area contributed by atoms with Crippen molar-refractivity contribution < 1.29 is 19.7 Å². The minimum Gasteiger partial charge on any atom is -0.491 e. The summed E-state index contributed by atoms with van der Waals surface area (Å²) < 4.78 is 16.7. The van der Waals surface area contributed by atoms with E-state index in [4.69, 9.17) is 19.7 Å². The Kier molecular flexibility index (Phi) is 7.54. The number of anilines is 3. The van der Waals surface area contributed by atoms with Crippen LogP contribution in [0.4, 0.5) is 17.1 Å². The highest BCUT2D eigenvalue weighted by Crippen LogP contribution is 2.47. The molecule has 2 N–H and O–H groups in total. The minimum atomic E-state index is -0.0232. The van der Waals surface area contributed by atoms with E-state index >= 15 is 0 Å². The van der Waals surface area contributed by atoms with E-state index in [2.05, 4.69) is 47.5 Å². The van der Waals surface area contributed by atoms with Crippen LogP contribution in [0.15, 0.2) is 84.2 Å². The van der Waals surface area contributed by atoms with Gasteiger partial charge in [0.15, 0.2) is 0 Å². The Labute approximate surface area is 238 Å². The van der Waals surface area contributed by atoms with Gasteiger partial charge in [0.25, 0.3) is 0 Å². The highest BCUT2D eigenvalue weighted by molar-refractivity contribution is 7.38. The lowest BCUT2D eigenvalue weighted by molar-refractivity contribution is 0.201. The summed E-state index contributed by atoms with van der Waals surface area (Å²) in [6.45, 7) is 2.65. The maximum Gasteiger partial charge on any atom is 0.119 e. The van der Waals surface area contributed by atoms with E-state index < -0.39 is 0 Å². The summed E-state index contributed by atoms with van der Waals surface area (Å²) in [6, 6.07) is 26.7. The third-order valence-corrected chi connectivity index (χ3v) is 9.95. The van der Waals surface area contributed by atoms with Gasteiger partial charge < -0.3 is 24.6 Å². The number of nitrogens with zero attached hydrogens (tertiary/aromatic N) is 1. The SMILES string of the molecule is Cc1cc2sc3c(-c4ccc(N(c5ccc(OCCO)cc5)c5ccc(OCCO)cc5)cc4)csc3c2s1. The first kappa shape index (κ1) is 25.9.